The highest BCUT2D eigenvalue weighted by Crippen LogP contribution is 2.38. The number of nitrogens with zero attached hydrogens (tertiary/aromatic N) is 4. The summed E-state index contributed by atoms with van der Waals surface area (Å²) < 4.78 is 0. The van der Waals surface area contributed by atoms with Gasteiger partial charge >= 0.3 is 0 Å². The van der Waals surface area contributed by atoms with Crippen molar-refractivity contribution in [2.45, 2.75) is 6.92 Å². The maximum Gasteiger partial charge on any atom is 0.164 e. The summed E-state index contributed by atoms with van der Waals surface area (Å²) in [6.07, 6.45) is 5.61. The summed E-state index contributed by atoms with van der Waals surface area (Å²) in [6, 6.07) is 24.5. The number of hydrogen-bond acceptors (Lipinski definition) is 5. The number of aromatic amines is 3. The molecule has 0 amide bonds. The van der Waals surface area contributed by atoms with Gasteiger partial charge in [0.05, 0.1) is 0 Å². The Labute approximate surface area is 234 Å². The van der Waals surface area contributed by atoms with Crippen LogP contribution >= 0.6 is 0 Å². The molecule has 6 aromatic rings. The number of rotatable bonds is 2. The highest BCUT2D eigenvalue weighted by atomic mass is 15.1. The Morgan fingerprint density at radius 3 is 1.73 bits per heavy atom. The van der Waals surface area contributed by atoms with Crippen LogP contribution in [0.1, 0.15) is 6.92 Å². The van der Waals surface area contributed by atoms with E-state index < -0.39 is 0 Å². The molecule has 8 heteroatoms. The summed E-state index contributed by atoms with van der Waals surface area (Å²) in [5.41, 5.74) is 3.22. The number of anilines is 2. The lowest BCUT2D eigenvalue weighted by Crippen LogP contribution is -2.13. The van der Waals surface area contributed by atoms with Crippen LogP contribution < -0.4 is 16.3 Å². The molecule has 4 N–H and O–H groups in total. The van der Waals surface area contributed by atoms with Gasteiger partial charge in [0.1, 0.15) is 34.2 Å². The topological polar surface area (TPSA) is 109 Å². The van der Waals surface area contributed by atoms with E-state index in [1.54, 1.807) is 6.08 Å². The van der Waals surface area contributed by atoms with Crippen LogP contribution in [-0.2, 0) is 0 Å². The smallest absolute Gasteiger partial charge is 0.164 e. The van der Waals surface area contributed by atoms with Crippen LogP contribution in [0.5, 0.6) is 0 Å². The second kappa shape index (κ2) is 8.89. The van der Waals surface area contributed by atoms with Crippen LogP contribution in [0.2, 0.25) is 0 Å². The molecular weight excluding hydrogens is 508 g/mol. The van der Waals surface area contributed by atoms with E-state index in [-0.39, 0.29) is 0 Å². The molecule has 0 radical (unpaired) electrons. The van der Waals surface area contributed by atoms with Gasteiger partial charge in [0, 0.05) is 43.5 Å². The van der Waals surface area contributed by atoms with Gasteiger partial charge in [0.15, 0.2) is 11.7 Å². The quantitative estimate of drug-likeness (QED) is 0.178. The minimum absolute atomic E-state index is 0.576. The van der Waals surface area contributed by atoms with Gasteiger partial charge in [-0.05, 0) is 6.92 Å². The molecule has 196 valence electrons. The Kier molecular flexibility index (Phi) is 5.02. The lowest BCUT2D eigenvalue weighted by molar-refractivity contribution is 1.12. The Hall–Kier alpha value is -5.76. The molecule has 41 heavy (non-hydrogen) atoms. The fourth-order valence-electron chi connectivity index (χ4n) is 5.55. The SMILES string of the molecule is C=C/C=C\C1=C(C)C2=Nc3[nH]c(c4ccccc34)Nc3[nH]c(c4ccccc34)N=c3[nH]c(c4ccccc34)=NC1=N2. The van der Waals surface area contributed by atoms with Crippen molar-refractivity contribution in [3.63, 3.8) is 0 Å². The minimum atomic E-state index is 0.576. The van der Waals surface area contributed by atoms with Crippen LogP contribution in [0.4, 0.5) is 23.3 Å². The Morgan fingerprint density at radius 2 is 1.12 bits per heavy atom. The maximum atomic E-state index is 5.09. The van der Waals surface area contributed by atoms with Gasteiger partial charge < -0.3 is 20.3 Å². The first-order valence-corrected chi connectivity index (χ1v) is 13.4. The molecule has 5 heterocycles. The molecular formula is C33H24N8. The zero-order valence-corrected chi connectivity index (χ0v) is 22.2. The van der Waals surface area contributed by atoms with Crippen molar-refractivity contribution >= 4 is 67.3 Å². The highest BCUT2D eigenvalue weighted by molar-refractivity contribution is 6.23. The number of fused-ring (bicyclic) bond motifs is 16. The standard InChI is InChI=1S/C33H24N8/c1-3-4-11-19-18(2)26-34-27(19)36-29-22-14-7-8-15-23(22)31(38-29)40-33-25-17-10-9-16-24(25)32(41-33)39-30-21-13-6-5-12-20(21)28(35-26)37-30/h3-17,37,39,41H,1H2,2H3,(H,34,35,36,38,40)/b11-4-. The van der Waals surface area contributed by atoms with E-state index in [2.05, 4.69) is 57.2 Å². The molecule has 8 rings (SSSR count). The molecule has 0 unspecified atom stereocenters. The van der Waals surface area contributed by atoms with Gasteiger partial charge in [-0.3, -0.25) is 0 Å². The fraction of sp³-hybridized carbons (Fsp3) is 0.0303. The summed E-state index contributed by atoms with van der Waals surface area (Å²) in [5, 5.41) is 9.58. The minimum Gasteiger partial charge on any atom is -0.327 e. The van der Waals surface area contributed by atoms with Crippen LogP contribution in [0.3, 0.4) is 0 Å². The predicted molar refractivity (Wildman–Crippen MR) is 167 cm³/mol. The normalized spacial score (nSPS) is 14.8. The third-order valence-corrected chi connectivity index (χ3v) is 7.56. The van der Waals surface area contributed by atoms with Crippen molar-refractivity contribution in [1.29, 1.82) is 0 Å². The van der Waals surface area contributed by atoms with Crippen LogP contribution in [-0.4, -0.2) is 26.6 Å². The first kappa shape index (κ1) is 23.2. The van der Waals surface area contributed by atoms with Crippen molar-refractivity contribution in [2.24, 2.45) is 20.0 Å². The van der Waals surface area contributed by atoms with Crippen molar-refractivity contribution < 1.29 is 0 Å². The average molecular weight is 533 g/mol. The van der Waals surface area contributed by atoms with E-state index in [0.29, 0.717) is 22.6 Å². The van der Waals surface area contributed by atoms with Gasteiger partial charge in [-0.1, -0.05) is 97.6 Å². The van der Waals surface area contributed by atoms with Gasteiger partial charge in [0.2, 0.25) is 0 Å². The number of H-pyrrole nitrogens is 3. The zero-order chi connectivity index (χ0) is 27.5. The van der Waals surface area contributed by atoms with E-state index in [9.17, 15) is 0 Å². The molecule has 2 aliphatic rings. The second-order valence-electron chi connectivity index (χ2n) is 10.0. The van der Waals surface area contributed by atoms with E-state index in [4.69, 9.17) is 20.0 Å². The Balaban J connectivity index is 1.50. The molecule has 8 bridgehead atoms. The van der Waals surface area contributed by atoms with E-state index >= 15 is 0 Å². The van der Waals surface area contributed by atoms with Crippen LogP contribution in [0.25, 0.3) is 32.3 Å². The van der Waals surface area contributed by atoms with E-state index in [1.807, 2.05) is 61.5 Å². The molecule has 2 aliphatic heterocycles. The first-order valence-electron chi connectivity index (χ1n) is 13.4. The number of hydrogen-bond donors (Lipinski definition) is 4. The first-order chi connectivity index (χ1) is 20.2. The molecule has 0 fully saturated rings. The third-order valence-electron chi connectivity index (χ3n) is 7.56. The largest absolute Gasteiger partial charge is 0.327 e. The van der Waals surface area contributed by atoms with Crippen molar-refractivity contribution in [3.8, 4) is 0 Å². The summed E-state index contributed by atoms with van der Waals surface area (Å²) in [7, 11) is 0. The predicted octanol–water partition coefficient (Wildman–Crippen LogP) is 6.96. The monoisotopic (exact) mass is 532 g/mol. The van der Waals surface area contributed by atoms with E-state index in [0.717, 1.165) is 66.7 Å². The van der Waals surface area contributed by atoms with E-state index in [1.165, 1.54) is 0 Å². The fourth-order valence-corrected chi connectivity index (χ4v) is 5.55. The zero-order valence-electron chi connectivity index (χ0n) is 22.2. The van der Waals surface area contributed by atoms with Crippen LogP contribution in [0, 0.1) is 0 Å². The third kappa shape index (κ3) is 3.61. The Bertz CT molecular complexity index is 2320. The number of aromatic nitrogens is 3. The number of aliphatic imine (C=N–C) groups is 2. The number of benzene rings is 3. The summed E-state index contributed by atoms with van der Waals surface area (Å²) >= 11 is 0. The molecule has 0 saturated carbocycles. The van der Waals surface area contributed by atoms with Gasteiger partial charge in [0.25, 0.3) is 0 Å². The molecule has 8 nitrogen and oxygen atoms in total. The molecule has 0 saturated heterocycles. The number of nitrogens with one attached hydrogen (secondary N) is 4. The van der Waals surface area contributed by atoms with Crippen molar-refractivity contribution in [3.05, 3.63) is 120 Å². The summed E-state index contributed by atoms with van der Waals surface area (Å²) in [6.45, 7) is 5.86. The van der Waals surface area contributed by atoms with Crippen molar-refractivity contribution in [2.75, 3.05) is 5.32 Å². The molecule has 0 spiro atoms. The van der Waals surface area contributed by atoms with Gasteiger partial charge in [-0.25, -0.2) is 20.0 Å². The molecule has 0 atom stereocenters. The molecule has 3 aromatic heterocycles. The van der Waals surface area contributed by atoms with Crippen molar-refractivity contribution in [1.82, 2.24) is 15.0 Å². The molecule has 3 aromatic carbocycles. The Morgan fingerprint density at radius 1 is 0.585 bits per heavy atom. The number of amidine groups is 2. The lowest BCUT2D eigenvalue weighted by atomic mass is 10.1. The second-order valence-corrected chi connectivity index (χ2v) is 10.0. The van der Waals surface area contributed by atoms with Crippen LogP contribution in [0.15, 0.2) is 129 Å². The lowest BCUT2D eigenvalue weighted by Gasteiger charge is -2.03. The number of allylic oxidation sites excluding steroid dienone is 2. The maximum absolute atomic E-state index is 5.09. The molecule has 0 aliphatic carbocycles. The van der Waals surface area contributed by atoms with Gasteiger partial charge in [-0.15, -0.1) is 0 Å². The summed E-state index contributed by atoms with van der Waals surface area (Å²) in [4.78, 5) is 30.6. The summed E-state index contributed by atoms with van der Waals surface area (Å²) in [5.74, 6) is 4.31. The van der Waals surface area contributed by atoms with Gasteiger partial charge in [-0.2, -0.15) is 0 Å². The highest BCUT2D eigenvalue weighted by Gasteiger charge is 2.22. The average Bonchev–Trinajstić information content (AvgIpc) is 3.71.